The largest absolute Gasteiger partial charge is 0.464 e. The van der Waals surface area contributed by atoms with Crippen LogP contribution in [-0.4, -0.2) is 30.1 Å². The molecule has 0 saturated carbocycles. The number of hydrogen-bond donors (Lipinski definition) is 0. The first kappa shape index (κ1) is 17.6. The van der Waals surface area contributed by atoms with Gasteiger partial charge in [-0.25, -0.2) is 4.79 Å². The van der Waals surface area contributed by atoms with Gasteiger partial charge in [-0.1, -0.05) is 30.3 Å². The van der Waals surface area contributed by atoms with Crippen LogP contribution in [0.1, 0.15) is 22.5 Å². The minimum Gasteiger partial charge on any atom is -0.464 e. The molecule has 2 aromatic heterocycles. The van der Waals surface area contributed by atoms with Gasteiger partial charge >= 0.3 is 5.97 Å². The van der Waals surface area contributed by atoms with E-state index in [1.807, 2.05) is 47.4 Å². The lowest BCUT2D eigenvalue weighted by Crippen LogP contribution is -2.38. The summed E-state index contributed by atoms with van der Waals surface area (Å²) in [5.74, 6) is -0.558. The average molecular weight is 388 g/mol. The van der Waals surface area contributed by atoms with Crippen molar-refractivity contribution < 1.29 is 18.7 Å². The van der Waals surface area contributed by atoms with Gasteiger partial charge in [-0.2, -0.15) is 0 Å². The molecule has 29 heavy (non-hydrogen) atoms. The third-order valence-corrected chi connectivity index (χ3v) is 5.52. The minimum atomic E-state index is -0.493. The lowest BCUT2D eigenvalue weighted by atomic mass is 10.0. The first-order chi connectivity index (χ1) is 14.2. The third kappa shape index (κ3) is 2.79. The number of esters is 1. The van der Waals surface area contributed by atoms with E-state index in [1.165, 1.54) is 12.7 Å². The van der Waals surface area contributed by atoms with Gasteiger partial charge in [0.05, 0.1) is 12.6 Å². The number of furan rings is 1. The smallest absolute Gasteiger partial charge is 0.354 e. The van der Waals surface area contributed by atoms with Crippen molar-refractivity contribution in [2.75, 3.05) is 18.6 Å². The number of anilines is 1. The SMILES string of the molecule is COC(=O)c1cc2oc3ccccc3c2n1CC(=O)N1CCCc2ccccc21. The Morgan fingerprint density at radius 1 is 1.07 bits per heavy atom. The number of amides is 1. The van der Waals surface area contributed by atoms with Gasteiger partial charge in [0.25, 0.3) is 0 Å². The molecule has 2 aromatic carbocycles. The zero-order chi connectivity index (χ0) is 20.0. The molecule has 146 valence electrons. The number of rotatable bonds is 3. The zero-order valence-electron chi connectivity index (χ0n) is 16.1. The fraction of sp³-hybridized carbons (Fsp3) is 0.217. The number of carbonyl (C=O) groups is 2. The highest BCUT2D eigenvalue weighted by molar-refractivity contribution is 6.07. The van der Waals surface area contributed by atoms with Gasteiger partial charge in [0.15, 0.2) is 5.58 Å². The predicted octanol–water partition coefficient (Wildman–Crippen LogP) is 4.15. The van der Waals surface area contributed by atoms with Crippen LogP contribution in [0, 0.1) is 0 Å². The number of para-hydroxylation sites is 2. The van der Waals surface area contributed by atoms with Crippen LogP contribution >= 0.6 is 0 Å². The molecule has 0 bridgehead atoms. The summed E-state index contributed by atoms with van der Waals surface area (Å²) in [5.41, 5.74) is 4.46. The summed E-state index contributed by atoms with van der Waals surface area (Å²) in [4.78, 5) is 27.5. The summed E-state index contributed by atoms with van der Waals surface area (Å²) in [5, 5.41) is 0.865. The number of ether oxygens (including phenoxy) is 1. The van der Waals surface area contributed by atoms with Crippen LogP contribution in [0.5, 0.6) is 0 Å². The number of aromatic nitrogens is 1. The maximum atomic E-state index is 13.3. The molecule has 1 aliphatic rings. The van der Waals surface area contributed by atoms with Gasteiger partial charge < -0.3 is 18.6 Å². The van der Waals surface area contributed by atoms with Gasteiger partial charge in [-0.05, 0) is 36.6 Å². The van der Waals surface area contributed by atoms with Crippen molar-refractivity contribution in [1.82, 2.24) is 4.57 Å². The second kappa shape index (κ2) is 6.81. The Balaban J connectivity index is 1.61. The third-order valence-electron chi connectivity index (χ3n) is 5.52. The number of carbonyl (C=O) groups excluding carboxylic acids is 2. The number of methoxy groups -OCH3 is 1. The van der Waals surface area contributed by atoms with E-state index in [2.05, 4.69) is 6.07 Å². The summed E-state index contributed by atoms with van der Waals surface area (Å²) < 4.78 is 12.6. The van der Waals surface area contributed by atoms with Crippen LogP contribution < -0.4 is 4.90 Å². The van der Waals surface area contributed by atoms with E-state index >= 15 is 0 Å². The highest BCUT2D eigenvalue weighted by atomic mass is 16.5. The average Bonchev–Trinajstić information content (AvgIpc) is 3.29. The van der Waals surface area contributed by atoms with E-state index in [-0.39, 0.29) is 12.5 Å². The highest BCUT2D eigenvalue weighted by Gasteiger charge is 2.27. The zero-order valence-corrected chi connectivity index (χ0v) is 16.1. The predicted molar refractivity (Wildman–Crippen MR) is 110 cm³/mol. The summed E-state index contributed by atoms with van der Waals surface area (Å²) >= 11 is 0. The Bertz CT molecular complexity index is 1250. The van der Waals surface area contributed by atoms with E-state index < -0.39 is 5.97 Å². The van der Waals surface area contributed by atoms with Gasteiger partial charge in [-0.3, -0.25) is 4.79 Å². The Morgan fingerprint density at radius 3 is 2.72 bits per heavy atom. The molecule has 6 nitrogen and oxygen atoms in total. The molecule has 0 spiro atoms. The molecule has 0 unspecified atom stereocenters. The van der Waals surface area contributed by atoms with Crippen molar-refractivity contribution >= 4 is 39.6 Å². The molecule has 4 aromatic rings. The molecular formula is C23H20N2O4. The topological polar surface area (TPSA) is 64.7 Å². The molecule has 6 heteroatoms. The van der Waals surface area contributed by atoms with Crippen LogP contribution in [0.2, 0.25) is 0 Å². The molecule has 0 radical (unpaired) electrons. The minimum absolute atomic E-state index is 0.0335. The lowest BCUT2D eigenvalue weighted by Gasteiger charge is -2.29. The number of benzene rings is 2. The van der Waals surface area contributed by atoms with Crippen molar-refractivity contribution in [2.24, 2.45) is 0 Å². The molecule has 5 rings (SSSR count). The molecule has 0 fully saturated rings. The van der Waals surface area contributed by atoms with E-state index in [4.69, 9.17) is 9.15 Å². The fourth-order valence-electron chi connectivity index (χ4n) is 4.20. The van der Waals surface area contributed by atoms with Gasteiger partial charge in [0, 0.05) is 23.7 Å². The summed E-state index contributed by atoms with van der Waals surface area (Å²) in [7, 11) is 1.34. The summed E-state index contributed by atoms with van der Waals surface area (Å²) in [6.07, 6.45) is 1.88. The quantitative estimate of drug-likeness (QED) is 0.495. The van der Waals surface area contributed by atoms with E-state index in [9.17, 15) is 9.59 Å². The Morgan fingerprint density at radius 2 is 1.86 bits per heavy atom. The van der Waals surface area contributed by atoms with Crippen LogP contribution in [0.4, 0.5) is 5.69 Å². The number of aryl methyl sites for hydroxylation is 1. The Kier molecular flexibility index (Phi) is 4.12. The molecule has 0 N–H and O–H groups in total. The van der Waals surface area contributed by atoms with Crippen LogP contribution in [0.3, 0.4) is 0 Å². The van der Waals surface area contributed by atoms with Gasteiger partial charge in [0.1, 0.15) is 17.8 Å². The molecule has 1 amide bonds. The molecule has 0 atom stereocenters. The second-order valence-electron chi connectivity index (χ2n) is 7.20. The normalized spacial score (nSPS) is 13.6. The maximum Gasteiger partial charge on any atom is 0.354 e. The van der Waals surface area contributed by atoms with E-state index in [0.29, 0.717) is 17.8 Å². The standard InChI is InChI=1S/C23H20N2O4/c1-28-23(27)18-13-20-22(16-9-3-5-11-19(16)29-20)25(18)14-21(26)24-12-6-8-15-7-2-4-10-17(15)24/h2-5,7,9-11,13H,6,8,12,14H2,1H3. The second-order valence-corrected chi connectivity index (χ2v) is 7.20. The molecule has 3 heterocycles. The van der Waals surface area contributed by atoms with Crippen LogP contribution in [0.25, 0.3) is 22.1 Å². The van der Waals surface area contributed by atoms with Crippen molar-refractivity contribution in [3.05, 3.63) is 65.9 Å². The maximum absolute atomic E-state index is 13.3. The lowest BCUT2D eigenvalue weighted by molar-refractivity contribution is -0.119. The van der Waals surface area contributed by atoms with E-state index in [0.717, 1.165) is 35.0 Å². The van der Waals surface area contributed by atoms with Gasteiger partial charge in [0.2, 0.25) is 5.91 Å². The number of nitrogens with zero attached hydrogens (tertiary/aromatic N) is 2. The van der Waals surface area contributed by atoms with Crippen molar-refractivity contribution in [2.45, 2.75) is 19.4 Å². The molecular weight excluding hydrogens is 368 g/mol. The number of hydrogen-bond acceptors (Lipinski definition) is 4. The Labute approximate surface area is 167 Å². The van der Waals surface area contributed by atoms with Crippen LogP contribution in [0.15, 0.2) is 59.0 Å². The first-order valence-corrected chi connectivity index (χ1v) is 9.64. The summed E-state index contributed by atoms with van der Waals surface area (Å²) in [6.45, 7) is 0.700. The first-order valence-electron chi connectivity index (χ1n) is 9.64. The van der Waals surface area contributed by atoms with Crippen molar-refractivity contribution in [1.29, 1.82) is 0 Å². The highest BCUT2D eigenvalue weighted by Crippen LogP contribution is 2.33. The van der Waals surface area contributed by atoms with Gasteiger partial charge in [-0.15, -0.1) is 0 Å². The van der Waals surface area contributed by atoms with Crippen molar-refractivity contribution in [3.8, 4) is 0 Å². The Hall–Kier alpha value is -3.54. The van der Waals surface area contributed by atoms with E-state index in [1.54, 1.807) is 10.6 Å². The molecule has 0 saturated heterocycles. The summed E-state index contributed by atoms with van der Waals surface area (Å²) in [6, 6.07) is 17.2. The fourth-order valence-corrected chi connectivity index (χ4v) is 4.20. The molecule has 1 aliphatic heterocycles. The monoisotopic (exact) mass is 388 g/mol. The molecule has 0 aliphatic carbocycles. The number of fused-ring (bicyclic) bond motifs is 4. The van der Waals surface area contributed by atoms with Crippen LogP contribution in [-0.2, 0) is 22.5 Å². The van der Waals surface area contributed by atoms with Crippen molar-refractivity contribution in [3.63, 3.8) is 0 Å².